The number of aryl methyl sites for hydroxylation is 2. The maximum absolute atomic E-state index is 10.7. The van der Waals surface area contributed by atoms with Crippen LogP contribution >= 0.6 is 0 Å². The first kappa shape index (κ1) is 13.1. The van der Waals surface area contributed by atoms with Crippen molar-refractivity contribution in [3.8, 4) is 0 Å². The summed E-state index contributed by atoms with van der Waals surface area (Å²) in [5.41, 5.74) is 5.55. The standard InChI is InChI=1S/C20H22O/c1-13-5-4-6-14(11-13)12-18(21)20-17-10-9-15-7-2-3-8-16(15)19(17)20/h2-8,11,17-21H,9-10,12H2,1H3. The summed E-state index contributed by atoms with van der Waals surface area (Å²) in [6, 6.07) is 17.3. The minimum Gasteiger partial charge on any atom is -0.392 e. The number of benzene rings is 2. The largest absolute Gasteiger partial charge is 0.392 e. The molecule has 108 valence electrons. The Bertz CT molecular complexity index is 660. The molecule has 2 aliphatic rings. The van der Waals surface area contributed by atoms with Crippen molar-refractivity contribution in [2.24, 2.45) is 11.8 Å². The van der Waals surface area contributed by atoms with Crippen LogP contribution in [0.4, 0.5) is 0 Å². The first-order valence-electron chi connectivity index (χ1n) is 8.05. The van der Waals surface area contributed by atoms with Gasteiger partial charge in [0.15, 0.2) is 0 Å². The van der Waals surface area contributed by atoms with Crippen molar-refractivity contribution in [1.29, 1.82) is 0 Å². The van der Waals surface area contributed by atoms with E-state index in [1.54, 1.807) is 0 Å². The Kier molecular flexibility index (Phi) is 3.11. The summed E-state index contributed by atoms with van der Waals surface area (Å²) in [6.07, 6.45) is 3.02. The summed E-state index contributed by atoms with van der Waals surface area (Å²) in [5.74, 6) is 1.78. The Labute approximate surface area is 126 Å². The van der Waals surface area contributed by atoms with Crippen LogP contribution in [0.3, 0.4) is 0 Å². The number of hydrogen-bond acceptors (Lipinski definition) is 1. The van der Waals surface area contributed by atoms with Crippen LogP contribution < -0.4 is 0 Å². The number of hydrogen-bond donors (Lipinski definition) is 1. The third-order valence-electron chi connectivity index (χ3n) is 5.36. The van der Waals surface area contributed by atoms with Gasteiger partial charge < -0.3 is 5.11 Å². The van der Waals surface area contributed by atoms with E-state index >= 15 is 0 Å². The lowest BCUT2D eigenvalue weighted by Crippen LogP contribution is -2.15. The monoisotopic (exact) mass is 278 g/mol. The summed E-state index contributed by atoms with van der Waals surface area (Å²) < 4.78 is 0. The summed E-state index contributed by atoms with van der Waals surface area (Å²) in [6.45, 7) is 2.11. The number of aliphatic hydroxyl groups excluding tert-OH is 1. The molecule has 21 heavy (non-hydrogen) atoms. The minimum absolute atomic E-state index is 0.201. The van der Waals surface area contributed by atoms with E-state index in [0.717, 1.165) is 6.42 Å². The van der Waals surface area contributed by atoms with Gasteiger partial charge >= 0.3 is 0 Å². The van der Waals surface area contributed by atoms with Gasteiger partial charge in [0.2, 0.25) is 0 Å². The van der Waals surface area contributed by atoms with Crippen LogP contribution in [0.2, 0.25) is 0 Å². The highest BCUT2D eigenvalue weighted by Crippen LogP contribution is 2.61. The lowest BCUT2D eigenvalue weighted by molar-refractivity contribution is 0.143. The van der Waals surface area contributed by atoms with E-state index in [9.17, 15) is 5.11 Å². The molecule has 0 saturated heterocycles. The number of rotatable bonds is 3. The van der Waals surface area contributed by atoms with Gasteiger partial charge in [-0.15, -0.1) is 0 Å². The summed E-state index contributed by atoms with van der Waals surface area (Å²) in [5, 5.41) is 10.7. The predicted molar refractivity (Wildman–Crippen MR) is 85.4 cm³/mol. The lowest BCUT2D eigenvalue weighted by Gasteiger charge is -2.13. The van der Waals surface area contributed by atoms with Crippen molar-refractivity contribution < 1.29 is 5.11 Å². The molecule has 2 aliphatic carbocycles. The third-order valence-corrected chi connectivity index (χ3v) is 5.36. The molecule has 1 heteroatoms. The molecule has 0 bridgehead atoms. The van der Waals surface area contributed by atoms with Crippen molar-refractivity contribution in [2.45, 2.75) is 38.2 Å². The van der Waals surface area contributed by atoms with E-state index in [2.05, 4.69) is 55.5 Å². The van der Waals surface area contributed by atoms with E-state index in [4.69, 9.17) is 0 Å². The summed E-state index contributed by atoms with van der Waals surface area (Å²) in [7, 11) is 0. The van der Waals surface area contributed by atoms with Gasteiger partial charge in [-0.05, 0) is 60.6 Å². The zero-order valence-electron chi connectivity index (χ0n) is 12.5. The first-order valence-corrected chi connectivity index (χ1v) is 8.05. The van der Waals surface area contributed by atoms with Gasteiger partial charge in [-0.25, -0.2) is 0 Å². The van der Waals surface area contributed by atoms with Crippen LogP contribution in [0.1, 0.15) is 34.6 Å². The van der Waals surface area contributed by atoms with Crippen molar-refractivity contribution in [3.05, 3.63) is 70.8 Å². The Morgan fingerprint density at radius 2 is 2.00 bits per heavy atom. The molecule has 0 aromatic heterocycles. The van der Waals surface area contributed by atoms with Crippen LogP contribution in [-0.4, -0.2) is 11.2 Å². The van der Waals surface area contributed by atoms with E-state index < -0.39 is 0 Å². The van der Waals surface area contributed by atoms with E-state index in [1.165, 1.54) is 35.1 Å². The van der Waals surface area contributed by atoms with E-state index in [0.29, 0.717) is 17.8 Å². The zero-order valence-corrected chi connectivity index (χ0v) is 12.5. The topological polar surface area (TPSA) is 20.2 Å². The molecule has 1 nitrogen and oxygen atoms in total. The van der Waals surface area contributed by atoms with Crippen LogP contribution in [0.25, 0.3) is 0 Å². The highest BCUT2D eigenvalue weighted by molar-refractivity contribution is 5.40. The van der Waals surface area contributed by atoms with Crippen LogP contribution in [0.5, 0.6) is 0 Å². The zero-order chi connectivity index (χ0) is 14.4. The molecule has 0 aliphatic heterocycles. The average molecular weight is 278 g/mol. The van der Waals surface area contributed by atoms with E-state index in [1.807, 2.05) is 0 Å². The van der Waals surface area contributed by atoms with Gasteiger partial charge in [0.05, 0.1) is 6.10 Å². The minimum atomic E-state index is -0.201. The lowest BCUT2D eigenvalue weighted by atomic mass is 9.92. The maximum Gasteiger partial charge on any atom is 0.0617 e. The molecule has 4 rings (SSSR count). The molecule has 0 radical (unpaired) electrons. The maximum atomic E-state index is 10.7. The highest BCUT2D eigenvalue weighted by Gasteiger charge is 2.55. The van der Waals surface area contributed by atoms with Crippen LogP contribution in [0, 0.1) is 18.8 Å². The summed E-state index contributed by atoms with van der Waals surface area (Å²) in [4.78, 5) is 0. The van der Waals surface area contributed by atoms with Crippen molar-refractivity contribution >= 4 is 0 Å². The SMILES string of the molecule is Cc1cccc(CC(O)C2C3CCc4ccccc4C32)c1. The second-order valence-corrected chi connectivity index (χ2v) is 6.77. The average Bonchev–Trinajstić information content (AvgIpc) is 3.22. The molecule has 1 N–H and O–H groups in total. The quantitative estimate of drug-likeness (QED) is 0.903. The fraction of sp³-hybridized carbons (Fsp3) is 0.400. The van der Waals surface area contributed by atoms with Gasteiger partial charge in [-0.1, -0.05) is 54.1 Å². The molecule has 0 heterocycles. The van der Waals surface area contributed by atoms with Crippen molar-refractivity contribution in [1.82, 2.24) is 0 Å². The smallest absolute Gasteiger partial charge is 0.0617 e. The van der Waals surface area contributed by atoms with Crippen LogP contribution in [-0.2, 0) is 12.8 Å². The normalized spacial score (nSPS) is 27.6. The van der Waals surface area contributed by atoms with Gasteiger partial charge in [0.1, 0.15) is 0 Å². The van der Waals surface area contributed by atoms with Crippen molar-refractivity contribution in [2.75, 3.05) is 0 Å². The fourth-order valence-corrected chi connectivity index (χ4v) is 4.36. The summed E-state index contributed by atoms with van der Waals surface area (Å²) >= 11 is 0. The van der Waals surface area contributed by atoms with Gasteiger partial charge in [-0.3, -0.25) is 0 Å². The number of aliphatic hydroxyl groups is 1. The molecule has 2 aromatic rings. The Morgan fingerprint density at radius 1 is 1.14 bits per heavy atom. The molecule has 1 fully saturated rings. The molecule has 2 aromatic carbocycles. The van der Waals surface area contributed by atoms with E-state index in [-0.39, 0.29) is 6.10 Å². The molecule has 4 atom stereocenters. The third kappa shape index (κ3) is 2.30. The molecule has 0 amide bonds. The highest BCUT2D eigenvalue weighted by atomic mass is 16.3. The second kappa shape index (κ2) is 4.99. The first-order chi connectivity index (χ1) is 10.2. The molecular formula is C20H22O. The Hall–Kier alpha value is -1.60. The molecule has 0 spiro atoms. The Balaban J connectivity index is 1.52. The van der Waals surface area contributed by atoms with Crippen LogP contribution in [0.15, 0.2) is 48.5 Å². The molecule has 1 saturated carbocycles. The van der Waals surface area contributed by atoms with Gasteiger partial charge in [0.25, 0.3) is 0 Å². The van der Waals surface area contributed by atoms with Gasteiger partial charge in [-0.2, -0.15) is 0 Å². The fourth-order valence-electron chi connectivity index (χ4n) is 4.36. The molecule has 4 unspecified atom stereocenters. The molecular weight excluding hydrogens is 256 g/mol. The second-order valence-electron chi connectivity index (χ2n) is 6.77. The van der Waals surface area contributed by atoms with Crippen molar-refractivity contribution in [3.63, 3.8) is 0 Å². The predicted octanol–water partition coefficient (Wildman–Crippen LogP) is 3.87. The van der Waals surface area contributed by atoms with Gasteiger partial charge in [0, 0.05) is 0 Å². The number of fused-ring (bicyclic) bond motifs is 3. The Morgan fingerprint density at radius 3 is 2.86 bits per heavy atom.